The molecular weight excluding hydrogens is 278 g/mol. The maximum atomic E-state index is 11.2. The first-order valence-electron chi connectivity index (χ1n) is 6.24. The largest absolute Gasteiger partial charge is 0.477 e. The highest BCUT2D eigenvalue weighted by molar-refractivity contribution is 7.20. The fourth-order valence-electron chi connectivity index (χ4n) is 2.02. The van der Waals surface area contributed by atoms with E-state index in [0.29, 0.717) is 40.2 Å². The Balaban J connectivity index is 2.32. The number of carboxylic acid groups (broad SMARTS) is 1. The number of hydrogen-bond donors (Lipinski definition) is 2. The molecule has 0 spiro atoms. The molecule has 2 rings (SSSR count). The zero-order valence-corrected chi connectivity index (χ0v) is 12.5. The van der Waals surface area contributed by atoms with Crippen molar-refractivity contribution in [3.8, 4) is 0 Å². The maximum Gasteiger partial charge on any atom is 0.346 e. The summed E-state index contributed by atoms with van der Waals surface area (Å²) in [5.74, 6) is 0.0892. The van der Waals surface area contributed by atoms with E-state index in [2.05, 4.69) is 22.2 Å². The van der Waals surface area contributed by atoms with Crippen LogP contribution in [-0.4, -0.2) is 41.3 Å². The quantitative estimate of drug-likeness (QED) is 0.851. The van der Waals surface area contributed by atoms with E-state index in [-0.39, 0.29) is 0 Å². The second kappa shape index (κ2) is 6.15. The van der Waals surface area contributed by atoms with Gasteiger partial charge in [0.1, 0.15) is 21.9 Å². The number of ether oxygens (including phenoxy) is 1. The summed E-state index contributed by atoms with van der Waals surface area (Å²) in [4.78, 5) is 20.6. The zero-order valence-electron chi connectivity index (χ0n) is 11.6. The van der Waals surface area contributed by atoms with Crippen molar-refractivity contribution in [1.82, 2.24) is 9.97 Å². The summed E-state index contributed by atoms with van der Waals surface area (Å²) in [6, 6.07) is 0. The van der Waals surface area contributed by atoms with Crippen molar-refractivity contribution in [3.63, 3.8) is 0 Å². The minimum absolute atomic E-state index is 0.313. The number of hydrogen-bond acceptors (Lipinski definition) is 6. The maximum absolute atomic E-state index is 11.2. The second-order valence-electron chi connectivity index (χ2n) is 4.71. The molecule has 1 atom stereocenters. The predicted octanol–water partition coefficient (Wildman–Crippen LogP) is 2.39. The molecule has 2 aromatic heterocycles. The number of fused-ring (bicyclic) bond motifs is 1. The summed E-state index contributed by atoms with van der Waals surface area (Å²) in [6.07, 6.45) is 1.45. The molecule has 0 bridgehead atoms. The van der Waals surface area contributed by atoms with Crippen LogP contribution in [-0.2, 0) is 4.74 Å². The van der Waals surface area contributed by atoms with Gasteiger partial charge in [-0.3, -0.25) is 0 Å². The van der Waals surface area contributed by atoms with Crippen LogP contribution in [0.5, 0.6) is 0 Å². The van der Waals surface area contributed by atoms with Gasteiger partial charge in [-0.2, -0.15) is 0 Å². The van der Waals surface area contributed by atoms with Gasteiger partial charge in [0.15, 0.2) is 0 Å². The van der Waals surface area contributed by atoms with E-state index >= 15 is 0 Å². The van der Waals surface area contributed by atoms with Gasteiger partial charge in [0.2, 0.25) is 0 Å². The van der Waals surface area contributed by atoms with Crippen LogP contribution >= 0.6 is 11.3 Å². The van der Waals surface area contributed by atoms with Gasteiger partial charge in [0, 0.05) is 13.7 Å². The van der Waals surface area contributed by atoms with E-state index < -0.39 is 5.97 Å². The number of anilines is 1. The number of nitrogens with zero attached hydrogens (tertiary/aromatic N) is 2. The Morgan fingerprint density at radius 3 is 2.95 bits per heavy atom. The molecule has 0 aliphatic carbocycles. The third-order valence-corrected chi connectivity index (χ3v) is 4.18. The van der Waals surface area contributed by atoms with Crippen LogP contribution in [0.2, 0.25) is 0 Å². The molecule has 20 heavy (non-hydrogen) atoms. The summed E-state index contributed by atoms with van der Waals surface area (Å²) >= 11 is 1.18. The molecule has 0 aromatic carbocycles. The lowest BCUT2D eigenvalue weighted by atomic mass is 10.2. The number of aromatic nitrogens is 2. The Morgan fingerprint density at radius 2 is 2.30 bits per heavy atom. The fourth-order valence-corrected chi connectivity index (χ4v) is 3.01. The van der Waals surface area contributed by atoms with Gasteiger partial charge >= 0.3 is 5.97 Å². The summed E-state index contributed by atoms with van der Waals surface area (Å²) in [6.45, 7) is 5.22. The highest BCUT2D eigenvalue weighted by Gasteiger charge is 2.18. The topological polar surface area (TPSA) is 84.3 Å². The molecule has 0 saturated carbocycles. The van der Waals surface area contributed by atoms with Gasteiger partial charge < -0.3 is 15.2 Å². The fraction of sp³-hybridized carbons (Fsp3) is 0.462. The standard InChI is InChI=1S/C13H17N3O3S/c1-7(5-19-3)4-14-11-9-8(2)10(13(17)18)20-12(9)16-6-15-11/h6-7H,4-5H2,1-3H3,(H,17,18)(H,14,15,16). The Morgan fingerprint density at radius 1 is 1.55 bits per heavy atom. The van der Waals surface area contributed by atoms with E-state index in [1.807, 2.05) is 0 Å². The van der Waals surface area contributed by atoms with Crippen molar-refractivity contribution in [2.75, 3.05) is 25.6 Å². The van der Waals surface area contributed by atoms with Crippen molar-refractivity contribution in [2.24, 2.45) is 5.92 Å². The monoisotopic (exact) mass is 295 g/mol. The Hall–Kier alpha value is -1.73. The lowest BCUT2D eigenvalue weighted by Crippen LogP contribution is -2.16. The smallest absolute Gasteiger partial charge is 0.346 e. The summed E-state index contributed by atoms with van der Waals surface area (Å²) in [7, 11) is 1.67. The third-order valence-electron chi connectivity index (χ3n) is 2.99. The van der Waals surface area contributed by atoms with Crippen molar-refractivity contribution in [1.29, 1.82) is 0 Å². The first-order chi connectivity index (χ1) is 9.54. The van der Waals surface area contributed by atoms with E-state index in [4.69, 9.17) is 4.74 Å². The third kappa shape index (κ3) is 2.88. The minimum atomic E-state index is -0.927. The molecule has 2 heterocycles. The van der Waals surface area contributed by atoms with Crippen LogP contribution < -0.4 is 5.32 Å². The molecule has 108 valence electrons. The van der Waals surface area contributed by atoms with Gasteiger partial charge in [-0.05, 0) is 18.4 Å². The molecule has 0 amide bonds. The predicted molar refractivity (Wildman–Crippen MR) is 78.6 cm³/mol. The molecule has 2 N–H and O–H groups in total. The summed E-state index contributed by atoms with van der Waals surface area (Å²) in [5, 5.41) is 13.2. The number of carboxylic acids is 1. The number of thiophene rings is 1. The van der Waals surface area contributed by atoms with Crippen LogP contribution in [0, 0.1) is 12.8 Å². The highest BCUT2D eigenvalue weighted by atomic mass is 32.1. The Labute approximate surface area is 120 Å². The van der Waals surface area contributed by atoms with E-state index in [9.17, 15) is 9.90 Å². The second-order valence-corrected chi connectivity index (χ2v) is 5.70. The minimum Gasteiger partial charge on any atom is -0.477 e. The molecule has 0 aliphatic heterocycles. The zero-order chi connectivity index (χ0) is 14.7. The van der Waals surface area contributed by atoms with Crippen molar-refractivity contribution >= 4 is 33.3 Å². The van der Waals surface area contributed by atoms with Crippen molar-refractivity contribution in [3.05, 3.63) is 16.8 Å². The molecule has 6 nitrogen and oxygen atoms in total. The average molecular weight is 295 g/mol. The van der Waals surface area contributed by atoms with E-state index in [1.165, 1.54) is 17.7 Å². The number of aromatic carboxylic acids is 1. The van der Waals surface area contributed by atoms with Crippen LogP contribution in [0.4, 0.5) is 5.82 Å². The van der Waals surface area contributed by atoms with Gasteiger partial charge in [-0.1, -0.05) is 6.92 Å². The van der Waals surface area contributed by atoms with Crippen LogP contribution in [0.25, 0.3) is 10.2 Å². The van der Waals surface area contributed by atoms with Gasteiger partial charge in [0.25, 0.3) is 0 Å². The molecule has 0 fully saturated rings. The van der Waals surface area contributed by atoms with Crippen molar-refractivity contribution < 1.29 is 14.6 Å². The first kappa shape index (κ1) is 14.7. The van der Waals surface area contributed by atoms with E-state index in [0.717, 1.165) is 5.39 Å². The Bertz CT molecular complexity index is 627. The Kier molecular flexibility index (Phi) is 4.51. The lowest BCUT2D eigenvalue weighted by Gasteiger charge is -2.12. The van der Waals surface area contributed by atoms with Gasteiger partial charge in [0.05, 0.1) is 12.0 Å². The number of methoxy groups -OCH3 is 1. The normalized spacial score (nSPS) is 12.6. The average Bonchev–Trinajstić information content (AvgIpc) is 2.75. The van der Waals surface area contributed by atoms with Crippen molar-refractivity contribution in [2.45, 2.75) is 13.8 Å². The highest BCUT2D eigenvalue weighted by Crippen LogP contribution is 2.33. The van der Waals surface area contributed by atoms with Crippen LogP contribution in [0.3, 0.4) is 0 Å². The summed E-state index contributed by atoms with van der Waals surface area (Å²) in [5.41, 5.74) is 0.708. The molecule has 2 aromatic rings. The van der Waals surface area contributed by atoms with Gasteiger partial charge in [-0.15, -0.1) is 11.3 Å². The molecule has 0 radical (unpaired) electrons. The first-order valence-corrected chi connectivity index (χ1v) is 7.06. The molecule has 0 aliphatic rings. The molecular formula is C13H17N3O3S. The number of aryl methyl sites for hydroxylation is 1. The van der Waals surface area contributed by atoms with Crippen LogP contribution in [0.15, 0.2) is 6.33 Å². The lowest BCUT2D eigenvalue weighted by molar-refractivity contribution is 0.0701. The molecule has 0 saturated heterocycles. The number of carbonyl (C=O) groups is 1. The SMILES string of the molecule is COCC(C)CNc1ncnc2sc(C(=O)O)c(C)c12. The molecule has 1 unspecified atom stereocenters. The van der Waals surface area contributed by atoms with Gasteiger partial charge in [-0.25, -0.2) is 14.8 Å². The van der Waals surface area contributed by atoms with E-state index in [1.54, 1.807) is 14.0 Å². The van der Waals surface area contributed by atoms with Crippen LogP contribution in [0.1, 0.15) is 22.2 Å². The number of nitrogens with one attached hydrogen (secondary N) is 1. The molecule has 7 heteroatoms. The number of rotatable bonds is 6. The summed E-state index contributed by atoms with van der Waals surface area (Å²) < 4.78 is 5.09.